The number of aliphatic hydroxyl groups is 1. The number of hydrogen-bond acceptors (Lipinski definition) is 2. The van der Waals surface area contributed by atoms with Crippen molar-refractivity contribution in [2.45, 2.75) is 24.9 Å². The number of carbonyl (C=O) groups is 1. The Morgan fingerprint density at radius 1 is 1.13 bits per heavy atom. The third-order valence-corrected chi connectivity index (χ3v) is 4.76. The van der Waals surface area contributed by atoms with Crippen LogP contribution < -0.4 is 5.32 Å². The number of amides is 1. The molecule has 0 heterocycles. The first-order valence-electron chi connectivity index (χ1n) is 7.87. The molecule has 0 radical (unpaired) electrons. The van der Waals surface area contributed by atoms with Gasteiger partial charge in [0.25, 0.3) is 0 Å². The van der Waals surface area contributed by atoms with Crippen molar-refractivity contribution in [3.05, 3.63) is 70.7 Å². The average molecular weight is 330 g/mol. The van der Waals surface area contributed by atoms with Gasteiger partial charge in [0.1, 0.15) is 5.60 Å². The topological polar surface area (TPSA) is 49.3 Å². The van der Waals surface area contributed by atoms with E-state index in [1.165, 1.54) is 0 Å². The number of halogens is 1. The van der Waals surface area contributed by atoms with Gasteiger partial charge in [0.05, 0.1) is 13.0 Å². The fourth-order valence-electron chi connectivity index (χ4n) is 2.88. The minimum Gasteiger partial charge on any atom is -0.383 e. The van der Waals surface area contributed by atoms with Crippen molar-refractivity contribution in [3.63, 3.8) is 0 Å². The van der Waals surface area contributed by atoms with Crippen LogP contribution in [0.5, 0.6) is 0 Å². The fourth-order valence-corrected chi connectivity index (χ4v) is 3.08. The molecule has 23 heavy (non-hydrogen) atoms. The number of benzene rings is 2. The summed E-state index contributed by atoms with van der Waals surface area (Å²) in [7, 11) is 0. The highest BCUT2D eigenvalue weighted by Crippen LogP contribution is 2.45. The van der Waals surface area contributed by atoms with E-state index in [4.69, 9.17) is 11.6 Å². The number of rotatable bonds is 6. The molecule has 2 aromatic rings. The number of carbonyl (C=O) groups excluding carboxylic acids is 1. The average Bonchev–Trinajstić information content (AvgIpc) is 3.41. The van der Waals surface area contributed by atoms with Gasteiger partial charge >= 0.3 is 0 Å². The molecule has 1 atom stereocenters. The Balaban J connectivity index is 1.66. The molecule has 1 amide bonds. The Morgan fingerprint density at radius 2 is 1.78 bits per heavy atom. The van der Waals surface area contributed by atoms with Gasteiger partial charge in [-0.15, -0.1) is 0 Å². The molecule has 0 saturated heterocycles. The highest BCUT2D eigenvalue weighted by Gasteiger charge is 2.45. The zero-order chi connectivity index (χ0) is 16.3. The quantitative estimate of drug-likeness (QED) is 0.854. The van der Waals surface area contributed by atoms with E-state index < -0.39 is 5.60 Å². The van der Waals surface area contributed by atoms with Crippen LogP contribution in [0, 0.1) is 5.92 Å². The zero-order valence-corrected chi connectivity index (χ0v) is 13.6. The molecule has 0 bridgehead atoms. The van der Waals surface area contributed by atoms with Gasteiger partial charge in [0, 0.05) is 5.02 Å². The molecule has 120 valence electrons. The van der Waals surface area contributed by atoms with E-state index in [1.807, 2.05) is 48.5 Å². The lowest BCUT2D eigenvalue weighted by atomic mass is 9.88. The molecule has 3 rings (SSSR count). The van der Waals surface area contributed by atoms with Crippen molar-refractivity contribution < 1.29 is 9.90 Å². The molecule has 3 nitrogen and oxygen atoms in total. The van der Waals surface area contributed by atoms with Crippen LogP contribution in [-0.2, 0) is 16.8 Å². The van der Waals surface area contributed by atoms with Crippen LogP contribution in [0.4, 0.5) is 0 Å². The van der Waals surface area contributed by atoms with Crippen LogP contribution in [0.3, 0.4) is 0 Å². The third kappa shape index (κ3) is 3.74. The molecule has 0 aliphatic heterocycles. The summed E-state index contributed by atoms with van der Waals surface area (Å²) in [6.07, 6.45) is 2.20. The third-order valence-electron chi connectivity index (χ3n) is 4.39. The van der Waals surface area contributed by atoms with E-state index in [-0.39, 0.29) is 24.8 Å². The highest BCUT2D eigenvalue weighted by molar-refractivity contribution is 6.31. The summed E-state index contributed by atoms with van der Waals surface area (Å²) in [6.45, 7) is 0.227. The first-order valence-corrected chi connectivity index (χ1v) is 8.25. The molecule has 1 aliphatic carbocycles. The Morgan fingerprint density at radius 3 is 2.43 bits per heavy atom. The molecule has 0 unspecified atom stereocenters. The number of hydrogen-bond donors (Lipinski definition) is 2. The maximum atomic E-state index is 12.2. The van der Waals surface area contributed by atoms with E-state index in [0.717, 1.165) is 24.0 Å². The Labute approximate surface area is 141 Å². The van der Waals surface area contributed by atoms with E-state index >= 15 is 0 Å². The molecular weight excluding hydrogens is 310 g/mol. The van der Waals surface area contributed by atoms with Crippen LogP contribution in [-0.4, -0.2) is 17.6 Å². The zero-order valence-electron chi connectivity index (χ0n) is 12.8. The molecule has 0 spiro atoms. The minimum atomic E-state index is -0.989. The normalized spacial score (nSPS) is 16.6. The van der Waals surface area contributed by atoms with E-state index in [0.29, 0.717) is 5.02 Å². The van der Waals surface area contributed by atoms with E-state index in [1.54, 1.807) is 6.07 Å². The van der Waals surface area contributed by atoms with Crippen molar-refractivity contribution in [1.82, 2.24) is 5.32 Å². The molecular formula is C19H20ClNO2. The summed E-state index contributed by atoms with van der Waals surface area (Å²) >= 11 is 6.09. The van der Waals surface area contributed by atoms with Crippen LogP contribution in [0.15, 0.2) is 54.6 Å². The molecule has 1 fully saturated rings. The van der Waals surface area contributed by atoms with Gasteiger partial charge in [-0.05, 0) is 36.0 Å². The molecule has 0 aromatic heterocycles. The second kappa shape index (κ2) is 6.73. The van der Waals surface area contributed by atoms with Crippen molar-refractivity contribution >= 4 is 17.5 Å². The van der Waals surface area contributed by atoms with Crippen LogP contribution in [0.2, 0.25) is 5.02 Å². The van der Waals surface area contributed by atoms with Gasteiger partial charge in [-0.3, -0.25) is 4.79 Å². The van der Waals surface area contributed by atoms with Crippen molar-refractivity contribution in [1.29, 1.82) is 0 Å². The van der Waals surface area contributed by atoms with Crippen molar-refractivity contribution in [3.8, 4) is 0 Å². The molecule has 1 saturated carbocycles. The lowest BCUT2D eigenvalue weighted by molar-refractivity contribution is -0.122. The lowest BCUT2D eigenvalue weighted by Gasteiger charge is -2.29. The summed E-state index contributed by atoms with van der Waals surface area (Å²) in [5.74, 6) is 0.0821. The lowest BCUT2D eigenvalue weighted by Crippen LogP contribution is -2.43. The van der Waals surface area contributed by atoms with Crippen molar-refractivity contribution in [2.75, 3.05) is 6.54 Å². The van der Waals surface area contributed by atoms with Crippen LogP contribution in [0.1, 0.15) is 24.0 Å². The minimum absolute atomic E-state index is 0.131. The Hall–Kier alpha value is -1.84. The van der Waals surface area contributed by atoms with Crippen LogP contribution in [0.25, 0.3) is 0 Å². The summed E-state index contributed by atoms with van der Waals surface area (Å²) in [6, 6.07) is 16.9. The van der Waals surface area contributed by atoms with Gasteiger partial charge in [0.15, 0.2) is 0 Å². The predicted octanol–water partition coefficient (Wildman–Crippen LogP) is 3.30. The van der Waals surface area contributed by atoms with Gasteiger partial charge < -0.3 is 10.4 Å². The Bertz CT molecular complexity index is 685. The monoisotopic (exact) mass is 329 g/mol. The summed E-state index contributed by atoms with van der Waals surface area (Å²) < 4.78 is 0. The molecule has 4 heteroatoms. The highest BCUT2D eigenvalue weighted by atomic mass is 35.5. The second-order valence-corrected chi connectivity index (χ2v) is 6.52. The summed E-state index contributed by atoms with van der Waals surface area (Å²) in [5, 5.41) is 14.5. The van der Waals surface area contributed by atoms with Crippen LogP contribution >= 0.6 is 11.6 Å². The fraction of sp³-hybridized carbons (Fsp3) is 0.316. The molecule has 2 N–H and O–H groups in total. The smallest absolute Gasteiger partial charge is 0.224 e. The van der Waals surface area contributed by atoms with Crippen molar-refractivity contribution in [2.24, 2.45) is 5.92 Å². The SMILES string of the molecule is O=C(Cc1ccccc1Cl)NC[C@@](O)(c1ccccc1)C1CC1. The Kier molecular flexibility index (Phi) is 4.69. The number of nitrogens with one attached hydrogen (secondary N) is 1. The largest absolute Gasteiger partial charge is 0.383 e. The maximum absolute atomic E-state index is 12.2. The predicted molar refractivity (Wildman–Crippen MR) is 91.2 cm³/mol. The standard InChI is InChI=1S/C19H20ClNO2/c20-17-9-5-4-6-14(17)12-18(22)21-13-19(23,16-10-11-16)15-7-2-1-3-8-15/h1-9,16,23H,10-13H2,(H,21,22)/t19-/m1/s1. The summed E-state index contributed by atoms with van der Waals surface area (Å²) in [4.78, 5) is 12.2. The van der Waals surface area contributed by atoms with Gasteiger partial charge in [-0.25, -0.2) is 0 Å². The summed E-state index contributed by atoms with van der Waals surface area (Å²) in [5.41, 5.74) is 0.666. The van der Waals surface area contributed by atoms with E-state index in [2.05, 4.69) is 5.32 Å². The van der Waals surface area contributed by atoms with Gasteiger partial charge in [0.2, 0.25) is 5.91 Å². The molecule has 1 aliphatic rings. The second-order valence-electron chi connectivity index (χ2n) is 6.11. The van der Waals surface area contributed by atoms with Gasteiger partial charge in [-0.2, -0.15) is 0 Å². The first kappa shape index (κ1) is 16.0. The van der Waals surface area contributed by atoms with Gasteiger partial charge in [-0.1, -0.05) is 60.1 Å². The first-order chi connectivity index (χ1) is 11.1. The van der Waals surface area contributed by atoms with E-state index in [9.17, 15) is 9.90 Å². The molecule has 2 aromatic carbocycles. The maximum Gasteiger partial charge on any atom is 0.224 e.